The average molecular weight is 481 g/mol. The smallest absolute Gasteiger partial charge is 0.314 e. The van der Waals surface area contributed by atoms with Crippen LogP contribution in [0.15, 0.2) is 59.0 Å². The van der Waals surface area contributed by atoms with E-state index in [1.165, 1.54) is 4.31 Å². The molecule has 11 heteroatoms. The average Bonchev–Trinajstić information content (AvgIpc) is 3.46. The van der Waals surface area contributed by atoms with Gasteiger partial charge < -0.3 is 4.42 Å². The molecule has 33 heavy (non-hydrogen) atoms. The second-order valence-corrected chi connectivity index (χ2v) is 9.80. The van der Waals surface area contributed by atoms with Crippen molar-refractivity contribution in [3.63, 3.8) is 0 Å². The first kappa shape index (κ1) is 23.2. The van der Waals surface area contributed by atoms with E-state index in [1.807, 2.05) is 4.90 Å². The standard InChI is InChI=1S/C22H23F3N4O3S/c23-18-10-11-28(15-18)12-13-33(30,31)29(19-4-2-1-3-5-19)14-16-6-8-17(9-7-16)21-26-27-22(32-21)20(24)25/h1-9,18,20H,10-15H2/t18-/m0/s1. The van der Waals surface area contributed by atoms with Crippen molar-refractivity contribution in [2.24, 2.45) is 0 Å². The number of halogens is 3. The Morgan fingerprint density at radius 3 is 2.42 bits per heavy atom. The molecule has 1 saturated heterocycles. The van der Waals surface area contributed by atoms with Crippen LogP contribution < -0.4 is 4.31 Å². The van der Waals surface area contributed by atoms with E-state index in [2.05, 4.69) is 10.2 Å². The van der Waals surface area contributed by atoms with Crippen molar-refractivity contribution in [2.45, 2.75) is 25.6 Å². The summed E-state index contributed by atoms with van der Waals surface area (Å²) in [6, 6.07) is 15.3. The third-order valence-corrected chi connectivity index (χ3v) is 7.12. The number of alkyl halides is 3. The lowest BCUT2D eigenvalue weighted by molar-refractivity contribution is 0.116. The molecular formula is C22H23F3N4O3S. The maximum Gasteiger partial charge on any atom is 0.314 e. The van der Waals surface area contributed by atoms with E-state index in [1.54, 1.807) is 54.6 Å². The van der Waals surface area contributed by atoms with Crippen LogP contribution in [0.1, 0.15) is 24.3 Å². The summed E-state index contributed by atoms with van der Waals surface area (Å²) in [7, 11) is -3.70. The lowest BCUT2D eigenvalue weighted by Crippen LogP contribution is -2.37. The van der Waals surface area contributed by atoms with Crippen LogP contribution in [0.3, 0.4) is 0 Å². The Balaban J connectivity index is 1.51. The van der Waals surface area contributed by atoms with Gasteiger partial charge in [0.1, 0.15) is 6.17 Å². The van der Waals surface area contributed by atoms with Crippen molar-refractivity contribution < 1.29 is 26.0 Å². The van der Waals surface area contributed by atoms with E-state index in [-0.39, 0.29) is 31.3 Å². The van der Waals surface area contributed by atoms with Crippen LogP contribution in [0.5, 0.6) is 0 Å². The van der Waals surface area contributed by atoms with Crippen molar-refractivity contribution >= 4 is 15.7 Å². The summed E-state index contributed by atoms with van der Waals surface area (Å²) in [5.74, 6) is -0.931. The van der Waals surface area contributed by atoms with Gasteiger partial charge in [-0.15, -0.1) is 10.2 Å². The first-order valence-electron chi connectivity index (χ1n) is 10.4. The number of para-hydroxylation sites is 1. The number of aromatic nitrogens is 2. The number of rotatable bonds is 9. The molecule has 0 spiro atoms. The molecule has 1 aliphatic rings. The zero-order chi connectivity index (χ0) is 23.4. The first-order valence-corrected chi connectivity index (χ1v) is 12.1. The van der Waals surface area contributed by atoms with E-state index in [4.69, 9.17) is 4.42 Å². The fourth-order valence-electron chi connectivity index (χ4n) is 3.65. The number of sulfonamides is 1. The monoisotopic (exact) mass is 480 g/mol. The molecule has 1 atom stereocenters. The lowest BCUT2D eigenvalue weighted by atomic mass is 10.1. The maximum atomic E-state index is 13.4. The van der Waals surface area contributed by atoms with Gasteiger partial charge in [0.25, 0.3) is 5.89 Å². The van der Waals surface area contributed by atoms with Gasteiger partial charge >= 0.3 is 6.43 Å². The Labute approximate surface area is 189 Å². The van der Waals surface area contributed by atoms with Gasteiger partial charge in [0.05, 0.1) is 18.0 Å². The van der Waals surface area contributed by atoms with Gasteiger partial charge in [-0.1, -0.05) is 30.3 Å². The molecule has 2 aromatic carbocycles. The van der Waals surface area contributed by atoms with E-state index in [0.717, 1.165) is 0 Å². The quantitative estimate of drug-likeness (QED) is 0.460. The van der Waals surface area contributed by atoms with Crippen LogP contribution >= 0.6 is 0 Å². The lowest BCUT2D eigenvalue weighted by Gasteiger charge is -2.26. The highest BCUT2D eigenvalue weighted by atomic mass is 32.2. The number of hydrogen-bond donors (Lipinski definition) is 0. The summed E-state index contributed by atoms with van der Waals surface area (Å²) >= 11 is 0. The third kappa shape index (κ3) is 5.72. The van der Waals surface area contributed by atoms with Crippen LogP contribution in [0.25, 0.3) is 11.5 Å². The molecule has 176 valence electrons. The molecule has 0 saturated carbocycles. The Morgan fingerprint density at radius 1 is 1.09 bits per heavy atom. The molecule has 0 unspecified atom stereocenters. The number of anilines is 1. The van der Waals surface area contributed by atoms with Crippen molar-refractivity contribution in [2.75, 3.05) is 29.7 Å². The second-order valence-electron chi connectivity index (χ2n) is 7.79. The van der Waals surface area contributed by atoms with Gasteiger partial charge in [-0.05, 0) is 36.2 Å². The van der Waals surface area contributed by atoms with Gasteiger partial charge in [-0.3, -0.25) is 9.21 Å². The van der Waals surface area contributed by atoms with Crippen LogP contribution in [0.2, 0.25) is 0 Å². The highest BCUT2D eigenvalue weighted by Gasteiger charge is 2.27. The minimum Gasteiger partial charge on any atom is -0.415 e. The predicted molar refractivity (Wildman–Crippen MR) is 117 cm³/mol. The molecule has 0 radical (unpaired) electrons. The Bertz CT molecular complexity index is 1160. The Hall–Kier alpha value is -2.92. The number of hydrogen-bond acceptors (Lipinski definition) is 6. The summed E-state index contributed by atoms with van der Waals surface area (Å²) in [6.45, 7) is 1.14. The normalized spacial score (nSPS) is 17.0. The first-order chi connectivity index (χ1) is 15.8. The van der Waals surface area contributed by atoms with Crippen molar-refractivity contribution in [1.29, 1.82) is 0 Å². The minimum absolute atomic E-state index is 0.0406. The fraction of sp³-hybridized carbons (Fsp3) is 0.364. The van der Waals surface area contributed by atoms with Crippen LogP contribution in [0.4, 0.5) is 18.9 Å². The molecule has 1 aliphatic heterocycles. The van der Waals surface area contributed by atoms with Crippen LogP contribution in [0, 0.1) is 0 Å². The molecule has 0 bridgehead atoms. The second kappa shape index (κ2) is 9.92. The number of nitrogens with zero attached hydrogens (tertiary/aromatic N) is 4. The SMILES string of the molecule is O=S(=O)(CCN1CC[C@H](F)C1)N(Cc1ccc(-c2nnc(C(F)F)o2)cc1)c1ccccc1. The largest absolute Gasteiger partial charge is 0.415 e. The summed E-state index contributed by atoms with van der Waals surface area (Å²) in [5, 5.41) is 6.93. The summed E-state index contributed by atoms with van der Waals surface area (Å²) in [4.78, 5) is 1.82. The van der Waals surface area contributed by atoms with Crippen molar-refractivity contribution in [1.82, 2.24) is 15.1 Å². The zero-order valence-corrected chi connectivity index (χ0v) is 18.5. The maximum absolute atomic E-state index is 13.4. The van der Waals surface area contributed by atoms with Crippen LogP contribution in [-0.2, 0) is 16.6 Å². The molecular weight excluding hydrogens is 457 g/mol. The van der Waals surface area contributed by atoms with Gasteiger partial charge in [-0.2, -0.15) is 8.78 Å². The van der Waals surface area contributed by atoms with Gasteiger partial charge in [-0.25, -0.2) is 12.8 Å². The molecule has 2 heterocycles. The highest BCUT2D eigenvalue weighted by molar-refractivity contribution is 7.92. The molecule has 0 aliphatic carbocycles. The van der Waals surface area contributed by atoms with E-state index in [0.29, 0.717) is 29.8 Å². The summed E-state index contributed by atoms with van der Waals surface area (Å²) in [6.07, 6.45) is -3.34. The van der Waals surface area contributed by atoms with E-state index < -0.39 is 28.5 Å². The van der Waals surface area contributed by atoms with Gasteiger partial charge in [0, 0.05) is 25.2 Å². The summed E-state index contributed by atoms with van der Waals surface area (Å²) in [5.41, 5.74) is 1.65. The molecule has 3 aromatic rings. The topological polar surface area (TPSA) is 79.5 Å². The number of benzene rings is 2. The van der Waals surface area contributed by atoms with Crippen molar-refractivity contribution in [3.8, 4) is 11.5 Å². The fourth-order valence-corrected chi connectivity index (χ4v) is 5.14. The predicted octanol–water partition coefficient (Wildman–Crippen LogP) is 4.05. The highest BCUT2D eigenvalue weighted by Crippen LogP contribution is 2.26. The van der Waals surface area contributed by atoms with Crippen LogP contribution in [-0.4, -0.2) is 55.1 Å². The molecule has 1 fully saturated rings. The molecule has 0 N–H and O–H groups in total. The molecule has 7 nitrogen and oxygen atoms in total. The molecule has 0 amide bonds. The molecule has 4 rings (SSSR count). The van der Waals surface area contributed by atoms with E-state index in [9.17, 15) is 21.6 Å². The Kier molecular flexibility index (Phi) is 6.99. The number of likely N-dealkylation sites (tertiary alicyclic amines) is 1. The van der Waals surface area contributed by atoms with E-state index >= 15 is 0 Å². The van der Waals surface area contributed by atoms with Gasteiger partial charge in [0.15, 0.2) is 0 Å². The minimum atomic E-state index is -3.70. The summed E-state index contributed by atoms with van der Waals surface area (Å²) < 4.78 is 71.5. The third-order valence-electron chi connectivity index (χ3n) is 5.41. The van der Waals surface area contributed by atoms with Crippen molar-refractivity contribution in [3.05, 3.63) is 66.1 Å². The van der Waals surface area contributed by atoms with Gasteiger partial charge in [0.2, 0.25) is 15.9 Å². The zero-order valence-electron chi connectivity index (χ0n) is 17.6. The Morgan fingerprint density at radius 2 is 1.82 bits per heavy atom. The molecule has 1 aromatic heterocycles.